The minimum absolute atomic E-state index is 0.128. The third kappa shape index (κ3) is 2.77. The minimum atomic E-state index is -0.482. The first-order valence-electron chi connectivity index (χ1n) is 7.66. The molecular weight excluding hydrogens is 274 g/mol. The summed E-state index contributed by atoms with van der Waals surface area (Å²) in [6.07, 6.45) is 1.58. The van der Waals surface area contributed by atoms with Crippen molar-refractivity contribution in [3.63, 3.8) is 0 Å². The predicted molar refractivity (Wildman–Crippen MR) is 86.4 cm³/mol. The molecule has 0 bridgehead atoms. The van der Waals surface area contributed by atoms with Gasteiger partial charge in [-0.1, -0.05) is 60.7 Å². The Morgan fingerprint density at radius 2 is 1.68 bits per heavy atom. The van der Waals surface area contributed by atoms with Gasteiger partial charge in [-0.05, 0) is 24.0 Å². The van der Waals surface area contributed by atoms with Crippen LogP contribution in [0.25, 0.3) is 0 Å². The molecule has 3 nitrogen and oxygen atoms in total. The van der Waals surface area contributed by atoms with Crippen LogP contribution in [0.15, 0.2) is 60.7 Å². The molecule has 0 aliphatic heterocycles. The second-order valence-electron chi connectivity index (χ2n) is 5.91. The number of benzene rings is 2. The molecule has 0 unspecified atom stereocenters. The highest BCUT2D eigenvalue weighted by atomic mass is 16.5. The first-order chi connectivity index (χ1) is 10.7. The van der Waals surface area contributed by atoms with E-state index in [-0.39, 0.29) is 5.97 Å². The summed E-state index contributed by atoms with van der Waals surface area (Å²) < 4.78 is 5.06. The van der Waals surface area contributed by atoms with Crippen LogP contribution < -0.4 is 5.32 Å². The Hall–Kier alpha value is -2.13. The molecule has 1 saturated carbocycles. The van der Waals surface area contributed by atoms with Gasteiger partial charge in [0.1, 0.15) is 0 Å². The molecule has 2 aromatic rings. The fourth-order valence-electron chi connectivity index (χ4n) is 3.26. The van der Waals surface area contributed by atoms with Gasteiger partial charge in [0.25, 0.3) is 0 Å². The van der Waals surface area contributed by atoms with Crippen LogP contribution >= 0.6 is 0 Å². The van der Waals surface area contributed by atoms with Crippen molar-refractivity contribution in [3.05, 3.63) is 71.8 Å². The minimum Gasteiger partial charge on any atom is -0.468 e. The van der Waals surface area contributed by atoms with Gasteiger partial charge in [-0.15, -0.1) is 0 Å². The molecule has 1 aliphatic rings. The third-order valence-electron chi connectivity index (χ3n) is 4.53. The number of carbonyl (C=O) groups is 1. The summed E-state index contributed by atoms with van der Waals surface area (Å²) in [6.45, 7) is 0.831. The highest BCUT2D eigenvalue weighted by molar-refractivity contribution is 5.84. The second-order valence-corrected chi connectivity index (χ2v) is 5.91. The van der Waals surface area contributed by atoms with Crippen molar-refractivity contribution in [2.75, 3.05) is 7.11 Å². The van der Waals surface area contributed by atoms with Crippen molar-refractivity contribution in [1.82, 2.24) is 5.32 Å². The fraction of sp³-hybridized carbons (Fsp3) is 0.316. The van der Waals surface area contributed by atoms with Gasteiger partial charge in [0.05, 0.1) is 12.5 Å². The van der Waals surface area contributed by atoms with Crippen molar-refractivity contribution in [2.45, 2.75) is 30.8 Å². The molecule has 0 amide bonds. The van der Waals surface area contributed by atoms with E-state index in [9.17, 15) is 4.79 Å². The summed E-state index contributed by atoms with van der Waals surface area (Å²) in [4.78, 5) is 12.3. The largest absolute Gasteiger partial charge is 0.468 e. The van der Waals surface area contributed by atoms with Crippen molar-refractivity contribution in [3.8, 4) is 0 Å². The monoisotopic (exact) mass is 295 g/mol. The molecule has 0 radical (unpaired) electrons. The SMILES string of the molecule is COC(=O)C1(c2ccccc2)CC(NCc2ccccc2)C1. The molecule has 0 heterocycles. The quantitative estimate of drug-likeness (QED) is 0.862. The maximum absolute atomic E-state index is 12.3. The number of nitrogens with one attached hydrogen (secondary N) is 1. The number of hydrogen-bond donors (Lipinski definition) is 1. The normalized spacial score (nSPS) is 23.6. The molecule has 0 atom stereocenters. The van der Waals surface area contributed by atoms with Crippen molar-refractivity contribution < 1.29 is 9.53 Å². The van der Waals surface area contributed by atoms with Gasteiger partial charge >= 0.3 is 5.97 Å². The van der Waals surface area contributed by atoms with E-state index in [0.29, 0.717) is 6.04 Å². The van der Waals surface area contributed by atoms with Gasteiger partial charge in [0.15, 0.2) is 0 Å². The highest BCUT2D eigenvalue weighted by Gasteiger charge is 2.52. The summed E-state index contributed by atoms with van der Waals surface area (Å²) >= 11 is 0. The molecule has 0 spiro atoms. The van der Waals surface area contributed by atoms with E-state index >= 15 is 0 Å². The summed E-state index contributed by atoms with van der Waals surface area (Å²) in [5, 5.41) is 3.53. The average Bonchev–Trinajstić information content (AvgIpc) is 2.55. The second kappa shape index (κ2) is 6.32. The van der Waals surface area contributed by atoms with E-state index in [4.69, 9.17) is 4.74 Å². The smallest absolute Gasteiger partial charge is 0.316 e. The van der Waals surface area contributed by atoms with Crippen molar-refractivity contribution >= 4 is 5.97 Å². The Balaban J connectivity index is 1.65. The molecule has 1 N–H and O–H groups in total. The summed E-state index contributed by atoms with van der Waals surface area (Å²) in [5.41, 5.74) is 1.84. The molecule has 0 aromatic heterocycles. The molecule has 1 fully saturated rings. The summed E-state index contributed by atoms with van der Waals surface area (Å²) in [7, 11) is 1.47. The average molecular weight is 295 g/mol. The van der Waals surface area contributed by atoms with Gasteiger partial charge in [-0.25, -0.2) is 0 Å². The van der Waals surface area contributed by atoms with Crippen molar-refractivity contribution in [2.24, 2.45) is 0 Å². The molecule has 3 rings (SSSR count). The van der Waals surface area contributed by atoms with Crippen LogP contribution in [-0.2, 0) is 21.5 Å². The third-order valence-corrected chi connectivity index (χ3v) is 4.53. The van der Waals surface area contributed by atoms with E-state index in [0.717, 1.165) is 24.9 Å². The van der Waals surface area contributed by atoms with E-state index in [1.807, 2.05) is 48.5 Å². The molecule has 3 heteroatoms. The number of esters is 1. The summed E-state index contributed by atoms with van der Waals surface area (Å²) in [6, 6.07) is 20.6. The van der Waals surface area contributed by atoms with Crippen LogP contribution in [0, 0.1) is 0 Å². The topological polar surface area (TPSA) is 38.3 Å². The maximum atomic E-state index is 12.3. The Labute approximate surface area is 131 Å². The zero-order valence-corrected chi connectivity index (χ0v) is 12.8. The predicted octanol–water partition coefficient (Wildman–Crippen LogP) is 3.05. The van der Waals surface area contributed by atoms with Gasteiger partial charge in [0.2, 0.25) is 0 Å². The molecule has 1 aliphatic carbocycles. The number of hydrogen-bond acceptors (Lipinski definition) is 3. The first-order valence-corrected chi connectivity index (χ1v) is 7.66. The Morgan fingerprint density at radius 1 is 1.09 bits per heavy atom. The van der Waals surface area contributed by atoms with Crippen LogP contribution in [0.1, 0.15) is 24.0 Å². The fourth-order valence-corrected chi connectivity index (χ4v) is 3.26. The molecular formula is C19H21NO2. The maximum Gasteiger partial charge on any atom is 0.316 e. The van der Waals surface area contributed by atoms with Crippen LogP contribution in [0.2, 0.25) is 0 Å². The molecule has 22 heavy (non-hydrogen) atoms. The van der Waals surface area contributed by atoms with Gasteiger partial charge in [-0.2, -0.15) is 0 Å². The lowest BCUT2D eigenvalue weighted by molar-refractivity contribution is -0.152. The lowest BCUT2D eigenvalue weighted by Gasteiger charge is -2.46. The van der Waals surface area contributed by atoms with Gasteiger partial charge < -0.3 is 10.1 Å². The van der Waals surface area contributed by atoms with E-state index in [1.165, 1.54) is 12.7 Å². The van der Waals surface area contributed by atoms with Crippen LogP contribution in [-0.4, -0.2) is 19.1 Å². The van der Waals surface area contributed by atoms with Gasteiger partial charge in [0, 0.05) is 12.6 Å². The Morgan fingerprint density at radius 3 is 2.27 bits per heavy atom. The van der Waals surface area contributed by atoms with E-state index in [1.54, 1.807) is 0 Å². The lowest BCUT2D eigenvalue weighted by atomic mass is 9.61. The highest BCUT2D eigenvalue weighted by Crippen LogP contribution is 2.45. The van der Waals surface area contributed by atoms with E-state index < -0.39 is 5.41 Å². The molecule has 0 saturated heterocycles. The van der Waals surface area contributed by atoms with Crippen LogP contribution in [0.5, 0.6) is 0 Å². The first kappa shape index (κ1) is 14.8. The van der Waals surface area contributed by atoms with Gasteiger partial charge in [-0.3, -0.25) is 4.79 Å². The van der Waals surface area contributed by atoms with Crippen molar-refractivity contribution in [1.29, 1.82) is 0 Å². The lowest BCUT2D eigenvalue weighted by Crippen LogP contribution is -2.56. The molecule has 114 valence electrons. The Bertz CT molecular complexity index is 618. The van der Waals surface area contributed by atoms with E-state index in [2.05, 4.69) is 17.4 Å². The van der Waals surface area contributed by atoms with Crippen LogP contribution in [0.3, 0.4) is 0 Å². The Kier molecular flexibility index (Phi) is 4.25. The number of ether oxygens (including phenoxy) is 1. The number of carbonyl (C=O) groups excluding carboxylic acids is 1. The zero-order valence-electron chi connectivity index (χ0n) is 12.8. The van der Waals surface area contributed by atoms with Crippen LogP contribution in [0.4, 0.5) is 0 Å². The number of methoxy groups -OCH3 is 1. The molecule has 2 aromatic carbocycles. The summed E-state index contributed by atoms with van der Waals surface area (Å²) in [5.74, 6) is -0.128. The standard InChI is InChI=1S/C19H21NO2/c1-22-18(21)19(16-10-6-3-7-11-16)12-17(13-19)20-14-15-8-4-2-5-9-15/h2-11,17,20H,12-14H2,1H3. The number of rotatable bonds is 5. The zero-order chi connectivity index (χ0) is 15.4.